The van der Waals surface area contributed by atoms with Crippen LogP contribution in [0.1, 0.15) is 27.9 Å². The lowest BCUT2D eigenvalue weighted by Crippen LogP contribution is -2.28. The van der Waals surface area contributed by atoms with Crippen molar-refractivity contribution in [3.63, 3.8) is 0 Å². The molecular weight excluding hydrogens is 318 g/mol. The number of aryl methyl sites for hydroxylation is 1. The molecule has 0 N–H and O–H groups in total. The molecule has 0 bridgehead atoms. The molecule has 0 saturated heterocycles. The van der Waals surface area contributed by atoms with Crippen LogP contribution in [-0.2, 0) is 17.9 Å². The minimum Gasteiger partial charge on any atom is -0.467 e. The predicted octanol–water partition coefficient (Wildman–Crippen LogP) is 2.30. The third kappa shape index (κ3) is 2.81. The Hall–Kier alpha value is -2.36. The van der Waals surface area contributed by atoms with Crippen LogP contribution in [0.3, 0.4) is 0 Å². The molecule has 1 aliphatic rings. The second-order valence-electron chi connectivity index (χ2n) is 5.32. The summed E-state index contributed by atoms with van der Waals surface area (Å²) in [5.74, 6) is 0.658. The molecule has 0 amide bonds. The van der Waals surface area contributed by atoms with Crippen molar-refractivity contribution in [2.24, 2.45) is 0 Å². The second kappa shape index (κ2) is 6.03. The minimum atomic E-state index is -0.420. The summed E-state index contributed by atoms with van der Waals surface area (Å²) in [6, 6.07) is 5.47. The monoisotopic (exact) mass is 331 g/mol. The van der Waals surface area contributed by atoms with E-state index in [2.05, 4.69) is 5.10 Å². The molecule has 0 atom stereocenters. The standard InChI is InChI=1S/C16H14ClN3O3/c1-9-10(2)19-20(16(21)14(9)5-18)6-11-3-13(17)4-12-7-22-8-23-15(11)12/h3-4H,6-8H2,1-2H3. The van der Waals surface area contributed by atoms with E-state index >= 15 is 0 Å². The van der Waals surface area contributed by atoms with E-state index in [1.54, 1.807) is 26.0 Å². The lowest BCUT2D eigenvalue weighted by atomic mass is 10.1. The number of nitriles is 1. The Morgan fingerprint density at radius 1 is 1.43 bits per heavy atom. The van der Waals surface area contributed by atoms with Crippen molar-refractivity contribution in [1.82, 2.24) is 9.78 Å². The number of rotatable bonds is 2. The summed E-state index contributed by atoms with van der Waals surface area (Å²) in [4.78, 5) is 12.4. The summed E-state index contributed by atoms with van der Waals surface area (Å²) in [6.45, 7) is 4.22. The maximum absolute atomic E-state index is 12.4. The number of hydrogen-bond donors (Lipinski definition) is 0. The van der Waals surface area contributed by atoms with Crippen molar-refractivity contribution < 1.29 is 9.47 Å². The van der Waals surface area contributed by atoms with Gasteiger partial charge in [-0.05, 0) is 31.5 Å². The summed E-state index contributed by atoms with van der Waals surface area (Å²) in [7, 11) is 0. The Morgan fingerprint density at radius 3 is 2.96 bits per heavy atom. The molecule has 0 spiro atoms. The van der Waals surface area contributed by atoms with E-state index in [0.29, 0.717) is 28.6 Å². The predicted molar refractivity (Wildman–Crippen MR) is 83.5 cm³/mol. The minimum absolute atomic E-state index is 0.109. The van der Waals surface area contributed by atoms with Gasteiger partial charge in [0.05, 0.1) is 18.8 Å². The fourth-order valence-corrected chi connectivity index (χ4v) is 2.81. The van der Waals surface area contributed by atoms with E-state index in [0.717, 1.165) is 11.1 Å². The van der Waals surface area contributed by atoms with Gasteiger partial charge in [0.25, 0.3) is 5.56 Å². The van der Waals surface area contributed by atoms with Crippen molar-refractivity contribution in [1.29, 1.82) is 5.26 Å². The van der Waals surface area contributed by atoms with Crippen LogP contribution in [-0.4, -0.2) is 16.6 Å². The first kappa shape index (κ1) is 15.5. The molecule has 0 saturated carbocycles. The average molecular weight is 332 g/mol. The highest BCUT2D eigenvalue weighted by molar-refractivity contribution is 6.30. The summed E-state index contributed by atoms with van der Waals surface area (Å²) >= 11 is 6.13. The number of fused-ring (bicyclic) bond motifs is 1. The van der Waals surface area contributed by atoms with Crippen LogP contribution in [0.2, 0.25) is 5.02 Å². The van der Waals surface area contributed by atoms with Crippen molar-refractivity contribution in [3.05, 3.63) is 55.5 Å². The number of benzene rings is 1. The van der Waals surface area contributed by atoms with Crippen molar-refractivity contribution in [3.8, 4) is 11.8 Å². The van der Waals surface area contributed by atoms with E-state index in [-0.39, 0.29) is 18.9 Å². The smallest absolute Gasteiger partial charge is 0.285 e. The van der Waals surface area contributed by atoms with Crippen molar-refractivity contribution >= 4 is 11.6 Å². The normalized spacial score (nSPS) is 13.1. The second-order valence-corrected chi connectivity index (χ2v) is 5.76. The Morgan fingerprint density at radius 2 is 2.22 bits per heavy atom. The van der Waals surface area contributed by atoms with E-state index < -0.39 is 5.56 Å². The fraction of sp³-hybridized carbons (Fsp3) is 0.312. The molecule has 7 heteroatoms. The van der Waals surface area contributed by atoms with Crippen LogP contribution in [0.5, 0.6) is 5.75 Å². The van der Waals surface area contributed by atoms with Gasteiger partial charge in [0, 0.05) is 16.1 Å². The third-order valence-electron chi connectivity index (χ3n) is 3.82. The number of nitrogens with zero attached hydrogens (tertiary/aromatic N) is 3. The number of hydrogen-bond acceptors (Lipinski definition) is 5. The molecule has 0 fully saturated rings. The first-order valence-corrected chi connectivity index (χ1v) is 7.39. The molecule has 1 aromatic heterocycles. The van der Waals surface area contributed by atoms with Gasteiger partial charge in [-0.3, -0.25) is 4.79 Å². The zero-order chi connectivity index (χ0) is 16.6. The van der Waals surface area contributed by atoms with E-state index in [1.807, 2.05) is 6.07 Å². The highest BCUT2D eigenvalue weighted by Crippen LogP contribution is 2.31. The van der Waals surface area contributed by atoms with Gasteiger partial charge in [0.2, 0.25) is 0 Å². The summed E-state index contributed by atoms with van der Waals surface area (Å²) < 4.78 is 12.1. The zero-order valence-corrected chi connectivity index (χ0v) is 13.5. The molecule has 0 unspecified atom stereocenters. The quantitative estimate of drug-likeness (QED) is 0.843. The summed E-state index contributed by atoms with van der Waals surface area (Å²) in [5, 5.41) is 14.0. The Bertz CT molecular complexity index is 884. The van der Waals surface area contributed by atoms with E-state index in [9.17, 15) is 10.1 Å². The summed E-state index contributed by atoms with van der Waals surface area (Å²) in [6.07, 6.45) is 0. The maximum Gasteiger partial charge on any atom is 0.285 e. The van der Waals surface area contributed by atoms with Crippen LogP contribution in [0.15, 0.2) is 16.9 Å². The SMILES string of the molecule is Cc1nn(Cc2cc(Cl)cc3c2OCOC3)c(=O)c(C#N)c1C. The fourth-order valence-electron chi connectivity index (χ4n) is 2.55. The van der Waals surface area contributed by atoms with Crippen LogP contribution < -0.4 is 10.3 Å². The lowest BCUT2D eigenvalue weighted by Gasteiger charge is -2.21. The molecule has 6 nitrogen and oxygen atoms in total. The molecule has 1 aliphatic heterocycles. The van der Waals surface area contributed by atoms with Gasteiger partial charge < -0.3 is 9.47 Å². The van der Waals surface area contributed by atoms with Gasteiger partial charge in [0.1, 0.15) is 17.4 Å². The largest absolute Gasteiger partial charge is 0.467 e. The molecule has 0 radical (unpaired) electrons. The molecule has 2 heterocycles. The molecule has 2 aromatic rings. The molecule has 3 rings (SSSR count). The maximum atomic E-state index is 12.4. The zero-order valence-electron chi connectivity index (χ0n) is 12.7. The Balaban J connectivity index is 2.11. The molecule has 118 valence electrons. The lowest BCUT2D eigenvalue weighted by molar-refractivity contribution is -0.0171. The van der Waals surface area contributed by atoms with Crippen LogP contribution in [0, 0.1) is 25.2 Å². The molecule has 23 heavy (non-hydrogen) atoms. The number of aromatic nitrogens is 2. The number of ether oxygens (including phenoxy) is 2. The van der Waals surface area contributed by atoms with E-state index in [1.165, 1.54) is 4.68 Å². The topological polar surface area (TPSA) is 77.1 Å². The van der Waals surface area contributed by atoms with Gasteiger partial charge in [-0.2, -0.15) is 10.4 Å². The van der Waals surface area contributed by atoms with Crippen LogP contribution >= 0.6 is 11.6 Å². The molecule has 0 aliphatic carbocycles. The summed E-state index contributed by atoms with van der Waals surface area (Å²) in [5.41, 5.74) is 2.50. The highest BCUT2D eigenvalue weighted by Gasteiger charge is 2.19. The van der Waals surface area contributed by atoms with E-state index in [4.69, 9.17) is 21.1 Å². The van der Waals surface area contributed by atoms with Crippen LogP contribution in [0.4, 0.5) is 0 Å². The van der Waals surface area contributed by atoms with Gasteiger partial charge in [-0.1, -0.05) is 11.6 Å². The Kier molecular flexibility index (Phi) is 4.07. The first-order chi connectivity index (χ1) is 11.0. The molecule has 1 aromatic carbocycles. The van der Waals surface area contributed by atoms with Crippen molar-refractivity contribution in [2.75, 3.05) is 6.79 Å². The van der Waals surface area contributed by atoms with Gasteiger partial charge in [-0.25, -0.2) is 4.68 Å². The van der Waals surface area contributed by atoms with Crippen molar-refractivity contribution in [2.45, 2.75) is 27.0 Å². The van der Waals surface area contributed by atoms with Gasteiger partial charge in [-0.15, -0.1) is 0 Å². The Labute approximate surface area is 137 Å². The first-order valence-electron chi connectivity index (χ1n) is 7.01. The number of halogens is 1. The van der Waals surface area contributed by atoms with Crippen LogP contribution in [0.25, 0.3) is 0 Å². The average Bonchev–Trinajstić information content (AvgIpc) is 2.53. The highest BCUT2D eigenvalue weighted by atomic mass is 35.5. The van der Waals surface area contributed by atoms with Gasteiger partial charge in [0.15, 0.2) is 6.79 Å². The third-order valence-corrected chi connectivity index (χ3v) is 4.04. The van der Waals surface area contributed by atoms with Gasteiger partial charge >= 0.3 is 0 Å². The molecular formula is C16H14ClN3O3.